The van der Waals surface area contributed by atoms with Gasteiger partial charge in [0.25, 0.3) is 0 Å². The Bertz CT molecular complexity index is 385. The van der Waals surface area contributed by atoms with Crippen molar-refractivity contribution >= 4 is 17.7 Å². The number of aliphatic hydroxyl groups excluding tert-OH is 1. The van der Waals surface area contributed by atoms with E-state index in [2.05, 4.69) is 5.32 Å². The molecule has 2 aliphatic rings. The first-order chi connectivity index (χ1) is 9.13. The molecule has 0 bridgehead atoms. The van der Waals surface area contributed by atoms with Gasteiger partial charge >= 0.3 is 0 Å². The van der Waals surface area contributed by atoms with Crippen molar-refractivity contribution in [2.24, 2.45) is 0 Å². The number of carbonyl (C=O) groups is 3. The molecular formula is C12H19N3O4. The van der Waals surface area contributed by atoms with E-state index in [4.69, 9.17) is 5.11 Å². The maximum Gasteiger partial charge on any atom is 0.246 e. The summed E-state index contributed by atoms with van der Waals surface area (Å²) in [5.74, 6) is -0.572. The molecule has 19 heavy (non-hydrogen) atoms. The Hall–Kier alpha value is -1.63. The summed E-state index contributed by atoms with van der Waals surface area (Å²) in [7, 11) is 0. The van der Waals surface area contributed by atoms with E-state index in [1.807, 2.05) is 0 Å². The molecular weight excluding hydrogens is 250 g/mol. The second kappa shape index (κ2) is 6.01. The van der Waals surface area contributed by atoms with Crippen LogP contribution in [0.3, 0.4) is 0 Å². The van der Waals surface area contributed by atoms with Gasteiger partial charge in [0.05, 0.1) is 6.61 Å². The Kier molecular flexibility index (Phi) is 4.36. The molecule has 0 aromatic rings. The van der Waals surface area contributed by atoms with Crippen molar-refractivity contribution in [2.75, 3.05) is 32.8 Å². The number of nitrogens with one attached hydrogen (secondary N) is 1. The molecule has 7 heteroatoms. The van der Waals surface area contributed by atoms with E-state index in [1.54, 1.807) is 4.90 Å². The number of amides is 3. The summed E-state index contributed by atoms with van der Waals surface area (Å²) in [6.07, 6.45) is 2.55. The second-order valence-electron chi connectivity index (χ2n) is 4.87. The average molecular weight is 269 g/mol. The lowest BCUT2D eigenvalue weighted by Gasteiger charge is -2.42. The van der Waals surface area contributed by atoms with Gasteiger partial charge < -0.3 is 20.2 Å². The van der Waals surface area contributed by atoms with Crippen LogP contribution < -0.4 is 5.32 Å². The Balaban J connectivity index is 1.96. The zero-order valence-corrected chi connectivity index (χ0v) is 10.8. The van der Waals surface area contributed by atoms with Crippen LogP contribution in [-0.2, 0) is 14.4 Å². The molecule has 0 saturated carbocycles. The predicted octanol–water partition coefficient (Wildman–Crippen LogP) is -1.68. The first-order valence-electron chi connectivity index (χ1n) is 6.59. The smallest absolute Gasteiger partial charge is 0.246 e. The van der Waals surface area contributed by atoms with Crippen molar-refractivity contribution in [3.63, 3.8) is 0 Å². The monoisotopic (exact) mass is 269 g/mol. The number of carbonyl (C=O) groups excluding carboxylic acids is 3. The van der Waals surface area contributed by atoms with Crippen molar-refractivity contribution in [3.8, 4) is 0 Å². The fourth-order valence-corrected chi connectivity index (χ4v) is 2.59. The lowest BCUT2D eigenvalue weighted by atomic mass is 9.98. The summed E-state index contributed by atoms with van der Waals surface area (Å²) in [5.41, 5.74) is 0. The molecule has 0 spiro atoms. The highest BCUT2D eigenvalue weighted by Crippen LogP contribution is 2.22. The van der Waals surface area contributed by atoms with Gasteiger partial charge in [0.15, 0.2) is 0 Å². The van der Waals surface area contributed by atoms with Crippen LogP contribution in [0.2, 0.25) is 0 Å². The van der Waals surface area contributed by atoms with Crippen LogP contribution in [0.5, 0.6) is 0 Å². The van der Waals surface area contributed by atoms with Crippen molar-refractivity contribution < 1.29 is 19.5 Å². The van der Waals surface area contributed by atoms with Gasteiger partial charge in [0.1, 0.15) is 19.1 Å². The van der Waals surface area contributed by atoms with E-state index >= 15 is 0 Å². The number of piperidine rings is 1. The molecule has 106 valence electrons. The molecule has 2 N–H and O–H groups in total. The Morgan fingerprint density at radius 2 is 2.16 bits per heavy atom. The molecule has 2 rings (SSSR count). The van der Waals surface area contributed by atoms with E-state index in [-0.39, 0.29) is 50.0 Å². The highest BCUT2D eigenvalue weighted by molar-refractivity contribution is 5.97. The van der Waals surface area contributed by atoms with E-state index in [9.17, 15) is 14.4 Å². The van der Waals surface area contributed by atoms with E-state index in [0.717, 1.165) is 12.8 Å². The molecule has 2 heterocycles. The Labute approximate surface area is 111 Å². The van der Waals surface area contributed by atoms with E-state index < -0.39 is 0 Å². The SMILES string of the molecule is O=C(CN1CC(=O)N2CCCCC2C1=O)NCCO. The molecule has 7 nitrogen and oxygen atoms in total. The molecule has 0 radical (unpaired) electrons. The molecule has 3 amide bonds. The van der Waals surface area contributed by atoms with E-state index in [0.29, 0.717) is 13.0 Å². The molecule has 0 aromatic carbocycles. The third-order valence-corrected chi connectivity index (χ3v) is 3.51. The summed E-state index contributed by atoms with van der Waals surface area (Å²) < 4.78 is 0. The van der Waals surface area contributed by atoms with Crippen molar-refractivity contribution in [3.05, 3.63) is 0 Å². The lowest BCUT2D eigenvalue weighted by Crippen LogP contribution is -2.62. The first kappa shape index (κ1) is 13.8. The van der Waals surface area contributed by atoms with Gasteiger partial charge in [-0.25, -0.2) is 0 Å². The minimum absolute atomic E-state index is 0.0259. The highest BCUT2D eigenvalue weighted by Gasteiger charge is 2.40. The van der Waals surface area contributed by atoms with Crippen LogP contribution in [0.1, 0.15) is 19.3 Å². The maximum absolute atomic E-state index is 12.2. The van der Waals surface area contributed by atoms with Gasteiger partial charge in [0.2, 0.25) is 17.7 Å². The van der Waals surface area contributed by atoms with Gasteiger partial charge in [0, 0.05) is 13.1 Å². The van der Waals surface area contributed by atoms with Crippen LogP contribution in [-0.4, -0.2) is 71.5 Å². The minimum atomic E-state index is -0.388. The first-order valence-corrected chi connectivity index (χ1v) is 6.59. The Morgan fingerprint density at radius 3 is 2.89 bits per heavy atom. The number of aliphatic hydroxyl groups is 1. The summed E-state index contributed by atoms with van der Waals surface area (Å²) >= 11 is 0. The van der Waals surface area contributed by atoms with Gasteiger partial charge in [-0.1, -0.05) is 0 Å². The van der Waals surface area contributed by atoms with Gasteiger partial charge in [-0.15, -0.1) is 0 Å². The fourth-order valence-electron chi connectivity index (χ4n) is 2.59. The van der Waals surface area contributed by atoms with Gasteiger partial charge in [-0.2, -0.15) is 0 Å². The lowest BCUT2D eigenvalue weighted by molar-refractivity contribution is -0.158. The Morgan fingerprint density at radius 1 is 1.37 bits per heavy atom. The number of rotatable bonds is 4. The van der Waals surface area contributed by atoms with Crippen LogP contribution in [0, 0.1) is 0 Å². The van der Waals surface area contributed by atoms with Crippen molar-refractivity contribution in [1.82, 2.24) is 15.1 Å². The average Bonchev–Trinajstić information content (AvgIpc) is 2.42. The van der Waals surface area contributed by atoms with Gasteiger partial charge in [-0.3, -0.25) is 14.4 Å². The van der Waals surface area contributed by atoms with Crippen molar-refractivity contribution in [2.45, 2.75) is 25.3 Å². The standard InChI is InChI=1S/C12H19N3O4/c16-6-4-13-10(17)7-14-8-11(18)15-5-2-1-3-9(15)12(14)19/h9,16H,1-8H2,(H,13,17). The largest absolute Gasteiger partial charge is 0.395 e. The number of piperazine rings is 1. The van der Waals surface area contributed by atoms with Crippen LogP contribution in [0.15, 0.2) is 0 Å². The molecule has 1 atom stereocenters. The van der Waals surface area contributed by atoms with Crippen LogP contribution >= 0.6 is 0 Å². The third kappa shape index (κ3) is 3.04. The summed E-state index contributed by atoms with van der Waals surface area (Å²) in [6.45, 7) is 0.510. The summed E-state index contributed by atoms with van der Waals surface area (Å²) in [6, 6.07) is -0.388. The number of nitrogens with zero attached hydrogens (tertiary/aromatic N) is 2. The third-order valence-electron chi connectivity index (χ3n) is 3.51. The summed E-state index contributed by atoms with van der Waals surface area (Å²) in [4.78, 5) is 38.6. The fraction of sp³-hybridized carbons (Fsp3) is 0.750. The van der Waals surface area contributed by atoms with Crippen LogP contribution in [0.4, 0.5) is 0 Å². The van der Waals surface area contributed by atoms with Crippen LogP contribution in [0.25, 0.3) is 0 Å². The van der Waals surface area contributed by atoms with Gasteiger partial charge in [-0.05, 0) is 19.3 Å². The zero-order chi connectivity index (χ0) is 13.8. The molecule has 0 aliphatic carbocycles. The zero-order valence-electron chi connectivity index (χ0n) is 10.8. The maximum atomic E-state index is 12.2. The molecule has 2 aliphatic heterocycles. The van der Waals surface area contributed by atoms with E-state index in [1.165, 1.54) is 4.90 Å². The molecule has 2 saturated heterocycles. The highest BCUT2D eigenvalue weighted by atomic mass is 16.3. The summed E-state index contributed by atoms with van der Waals surface area (Å²) in [5, 5.41) is 11.1. The minimum Gasteiger partial charge on any atom is -0.395 e. The molecule has 1 unspecified atom stereocenters. The van der Waals surface area contributed by atoms with Crippen molar-refractivity contribution in [1.29, 1.82) is 0 Å². The topological polar surface area (TPSA) is 90.0 Å². The normalized spacial score (nSPS) is 23.3. The molecule has 0 aromatic heterocycles. The molecule has 2 fully saturated rings. The predicted molar refractivity (Wildman–Crippen MR) is 66.0 cm³/mol. The second-order valence-corrected chi connectivity index (χ2v) is 4.87. The number of hydrogen-bond donors (Lipinski definition) is 2. The number of fused-ring (bicyclic) bond motifs is 1. The quantitative estimate of drug-likeness (QED) is 0.638. The number of hydrogen-bond acceptors (Lipinski definition) is 4.